The molecule has 1 aliphatic heterocycles. The third kappa shape index (κ3) is 6.22. The van der Waals surface area contributed by atoms with Gasteiger partial charge in [0.15, 0.2) is 17.5 Å². The molecule has 5 aromatic carbocycles. The molecule has 6 nitrogen and oxygen atoms in total. The lowest BCUT2D eigenvalue weighted by atomic mass is 9.23. The van der Waals surface area contributed by atoms with Gasteiger partial charge in [0.05, 0.1) is 11.4 Å². The molecule has 1 saturated heterocycles. The van der Waals surface area contributed by atoms with E-state index in [4.69, 9.17) is 24.6 Å². The average molecular weight is 699 g/mol. The van der Waals surface area contributed by atoms with Crippen LogP contribution >= 0.6 is 0 Å². The molecule has 3 aromatic heterocycles. The first-order chi connectivity index (χ1) is 26.2. The van der Waals surface area contributed by atoms with Crippen molar-refractivity contribution in [1.29, 1.82) is 0 Å². The fourth-order valence-corrected chi connectivity index (χ4v) is 7.41. The summed E-state index contributed by atoms with van der Waals surface area (Å²) in [5.41, 5.74) is 10.9. The Hall–Kier alpha value is -6.11. The van der Waals surface area contributed by atoms with E-state index in [0.29, 0.717) is 17.5 Å². The van der Waals surface area contributed by atoms with Gasteiger partial charge in [0, 0.05) is 39.6 Å². The van der Waals surface area contributed by atoms with E-state index in [1.807, 2.05) is 78.9 Å². The third-order valence-electron chi connectivity index (χ3n) is 11.1. The van der Waals surface area contributed by atoms with Crippen molar-refractivity contribution in [2.45, 2.75) is 38.6 Å². The van der Waals surface area contributed by atoms with Gasteiger partial charge >= 0.3 is 0 Å². The van der Waals surface area contributed by atoms with Gasteiger partial charge in [0.2, 0.25) is 0 Å². The maximum Gasteiger partial charge on any atom is 0.284 e. The molecule has 1 aliphatic rings. The number of pyridine rings is 1. The maximum atomic E-state index is 6.82. The molecule has 0 atom stereocenters. The smallest absolute Gasteiger partial charge is 0.284 e. The number of imidazole rings is 1. The number of hydrogen-bond acceptors (Lipinski definition) is 5. The predicted octanol–water partition coefficient (Wildman–Crippen LogP) is 9.66. The van der Waals surface area contributed by atoms with Gasteiger partial charge in [-0.05, 0) is 48.5 Å². The van der Waals surface area contributed by atoms with Crippen molar-refractivity contribution in [3.63, 3.8) is 0 Å². The molecular weight excluding hydrogens is 660 g/mol. The van der Waals surface area contributed by atoms with Gasteiger partial charge in [0.1, 0.15) is 12.8 Å². The van der Waals surface area contributed by atoms with Crippen LogP contribution in [0.1, 0.15) is 27.7 Å². The van der Waals surface area contributed by atoms with Gasteiger partial charge in [-0.25, -0.2) is 19.9 Å². The Balaban J connectivity index is 1.18. The molecule has 8 heteroatoms. The summed E-state index contributed by atoms with van der Waals surface area (Å²) in [6.45, 7) is 8.91. The maximum absolute atomic E-state index is 6.82. The van der Waals surface area contributed by atoms with Crippen molar-refractivity contribution in [2.24, 2.45) is 0 Å². The molecular formula is C46H39B2N5O. The molecule has 54 heavy (non-hydrogen) atoms. The second-order valence-electron chi connectivity index (χ2n) is 15.3. The van der Waals surface area contributed by atoms with E-state index in [1.165, 1.54) is 0 Å². The first-order valence-electron chi connectivity index (χ1n) is 18.6. The highest BCUT2D eigenvalue weighted by molar-refractivity contribution is 7.18. The molecule has 0 bridgehead atoms. The van der Waals surface area contributed by atoms with Crippen molar-refractivity contribution < 1.29 is 4.65 Å². The number of fused-ring (bicyclic) bond motifs is 1. The van der Waals surface area contributed by atoms with E-state index in [-0.39, 0.29) is 17.7 Å². The van der Waals surface area contributed by atoms with Crippen LogP contribution < -0.4 is 5.46 Å². The zero-order valence-corrected chi connectivity index (χ0v) is 30.9. The molecule has 8 aromatic rings. The van der Waals surface area contributed by atoms with Gasteiger partial charge in [-0.1, -0.05) is 153 Å². The Morgan fingerprint density at radius 2 is 1.02 bits per heavy atom. The summed E-state index contributed by atoms with van der Waals surface area (Å²) >= 11 is 0. The first-order valence-corrected chi connectivity index (χ1v) is 18.6. The Bertz CT molecular complexity index is 2530. The Kier molecular flexibility index (Phi) is 8.36. The topological polar surface area (TPSA) is 65.2 Å². The zero-order chi connectivity index (χ0) is 36.9. The standard InChI is InChI=1S/C46H39B2N5O/c1-45(2)46(3,4)54-48(47-45)38-29-36(28-37(30-38)44-51-42(34-18-10-6-11-19-34)50-43(52-44)35-20-12-7-13-21-35)31-23-25-32(26-24-31)40-41(33-16-8-5-9-17-33)53-27-15-14-22-39(53)49-40/h5-30,47H,1-4H3. The molecule has 4 heterocycles. The third-order valence-corrected chi connectivity index (χ3v) is 11.1. The minimum absolute atomic E-state index is 0.00579. The Morgan fingerprint density at radius 3 is 1.59 bits per heavy atom. The monoisotopic (exact) mass is 699 g/mol. The first kappa shape index (κ1) is 33.7. The van der Waals surface area contributed by atoms with E-state index >= 15 is 0 Å². The van der Waals surface area contributed by atoms with Crippen LogP contribution in [0.2, 0.25) is 5.31 Å². The van der Waals surface area contributed by atoms with Crippen molar-refractivity contribution in [1.82, 2.24) is 24.3 Å². The van der Waals surface area contributed by atoms with Crippen LogP contribution in [0.15, 0.2) is 158 Å². The van der Waals surface area contributed by atoms with Crippen LogP contribution in [-0.4, -0.2) is 43.9 Å². The molecule has 0 saturated carbocycles. The van der Waals surface area contributed by atoms with Crippen LogP contribution in [0.4, 0.5) is 0 Å². The number of rotatable bonds is 7. The van der Waals surface area contributed by atoms with E-state index in [1.54, 1.807) is 0 Å². The SMILES string of the molecule is CC1(C)BB(c2cc(-c3ccc(-c4nc5ccccn5c4-c4ccccc4)cc3)cc(-c3nc(-c4ccccc4)nc(-c4ccccc4)n3)c2)OC1(C)C. The average Bonchev–Trinajstić information content (AvgIpc) is 3.71. The van der Waals surface area contributed by atoms with Crippen LogP contribution in [-0.2, 0) is 4.65 Å². The zero-order valence-electron chi connectivity index (χ0n) is 30.9. The van der Waals surface area contributed by atoms with Gasteiger partial charge in [-0.2, -0.15) is 0 Å². The Morgan fingerprint density at radius 1 is 0.500 bits per heavy atom. The molecule has 0 radical (unpaired) electrons. The second kappa shape index (κ2) is 13.4. The molecule has 260 valence electrons. The minimum Gasteiger partial charge on any atom is -0.434 e. The molecule has 1 fully saturated rings. The number of hydrogen-bond donors (Lipinski definition) is 0. The van der Waals surface area contributed by atoms with Crippen molar-refractivity contribution in [3.05, 3.63) is 158 Å². The summed E-state index contributed by atoms with van der Waals surface area (Å²) in [5, 5.41) is -0.00579. The summed E-state index contributed by atoms with van der Waals surface area (Å²) in [6, 6.07) is 52.3. The van der Waals surface area contributed by atoms with Crippen LogP contribution in [0.25, 0.3) is 73.5 Å². The van der Waals surface area contributed by atoms with Gasteiger partial charge in [-0.15, -0.1) is 0 Å². The van der Waals surface area contributed by atoms with Crippen molar-refractivity contribution in [3.8, 4) is 67.8 Å². The molecule has 0 unspecified atom stereocenters. The minimum atomic E-state index is -0.284. The molecule has 0 aliphatic carbocycles. The lowest BCUT2D eigenvalue weighted by molar-refractivity contribution is 0.0881. The van der Waals surface area contributed by atoms with Gasteiger partial charge in [-0.3, -0.25) is 4.40 Å². The number of aromatic nitrogens is 5. The highest BCUT2D eigenvalue weighted by Gasteiger charge is 2.50. The summed E-state index contributed by atoms with van der Waals surface area (Å²) in [4.78, 5) is 20.2. The fraction of sp³-hybridized carbons (Fsp3) is 0.130. The van der Waals surface area contributed by atoms with Crippen LogP contribution in [0.5, 0.6) is 0 Å². The summed E-state index contributed by atoms with van der Waals surface area (Å²) in [6.07, 6.45) is 2.08. The summed E-state index contributed by atoms with van der Waals surface area (Å²) in [5.74, 6) is 1.89. The van der Waals surface area contributed by atoms with E-state index in [9.17, 15) is 0 Å². The van der Waals surface area contributed by atoms with E-state index in [2.05, 4.69) is 111 Å². The van der Waals surface area contributed by atoms with Crippen LogP contribution in [0.3, 0.4) is 0 Å². The highest BCUT2D eigenvalue weighted by Crippen LogP contribution is 2.45. The normalized spacial score (nSPS) is 14.6. The molecule has 0 N–H and O–H groups in total. The van der Waals surface area contributed by atoms with E-state index < -0.39 is 0 Å². The molecule has 0 spiro atoms. The fourth-order valence-electron chi connectivity index (χ4n) is 7.41. The Labute approximate surface area is 317 Å². The van der Waals surface area contributed by atoms with E-state index in [0.717, 1.165) is 68.6 Å². The molecule has 9 rings (SSSR count). The van der Waals surface area contributed by atoms with Crippen molar-refractivity contribution >= 4 is 25.1 Å². The quantitative estimate of drug-likeness (QED) is 0.155. The molecule has 0 amide bonds. The number of benzene rings is 5. The summed E-state index contributed by atoms with van der Waals surface area (Å²) in [7, 11) is 0.902. The largest absolute Gasteiger partial charge is 0.434 e. The van der Waals surface area contributed by atoms with Crippen LogP contribution in [0, 0.1) is 0 Å². The highest BCUT2D eigenvalue weighted by atomic mass is 16.5. The predicted molar refractivity (Wildman–Crippen MR) is 223 cm³/mol. The van der Waals surface area contributed by atoms with Crippen molar-refractivity contribution in [2.75, 3.05) is 0 Å². The lowest BCUT2D eigenvalue weighted by Gasteiger charge is -2.34. The van der Waals surface area contributed by atoms with Gasteiger partial charge in [0.25, 0.3) is 6.81 Å². The second-order valence-corrected chi connectivity index (χ2v) is 15.3. The lowest BCUT2D eigenvalue weighted by Crippen LogP contribution is -2.37. The summed E-state index contributed by atoms with van der Waals surface area (Å²) < 4.78 is 8.98. The number of nitrogens with zero attached hydrogens (tertiary/aromatic N) is 5. The van der Waals surface area contributed by atoms with Gasteiger partial charge < -0.3 is 4.65 Å².